The van der Waals surface area contributed by atoms with Crippen molar-refractivity contribution < 1.29 is 0 Å². The lowest BCUT2D eigenvalue weighted by Crippen LogP contribution is -1.98. The average Bonchev–Trinajstić information content (AvgIpc) is 3.06. The molecule has 0 aliphatic heterocycles. The molecule has 0 aromatic heterocycles. The predicted molar refractivity (Wildman–Crippen MR) is 109 cm³/mol. The highest BCUT2D eigenvalue weighted by Gasteiger charge is 2.22. The Kier molecular flexibility index (Phi) is 4.05. The zero-order chi connectivity index (χ0) is 17.4. The van der Waals surface area contributed by atoms with Gasteiger partial charge in [0.1, 0.15) is 0 Å². The largest absolute Gasteiger partial charge is 0.0622 e. The van der Waals surface area contributed by atoms with E-state index in [0.29, 0.717) is 5.92 Å². The van der Waals surface area contributed by atoms with Crippen LogP contribution in [-0.2, 0) is 6.42 Å². The molecule has 0 fully saturated rings. The second kappa shape index (κ2) is 6.37. The number of benzene rings is 3. The van der Waals surface area contributed by atoms with E-state index in [9.17, 15) is 0 Å². The molecular formula is C25H24. The van der Waals surface area contributed by atoms with Gasteiger partial charge in [0.25, 0.3) is 0 Å². The molecule has 0 nitrogen and oxygen atoms in total. The Bertz CT molecular complexity index is 943. The molecule has 0 saturated carbocycles. The summed E-state index contributed by atoms with van der Waals surface area (Å²) in [7, 11) is 0. The molecule has 25 heavy (non-hydrogen) atoms. The van der Waals surface area contributed by atoms with E-state index in [-0.39, 0.29) is 0 Å². The first-order valence-electron chi connectivity index (χ1n) is 9.13. The molecule has 0 bridgehead atoms. The Morgan fingerprint density at radius 2 is 1.52 bits per heavy atom. The van der Waals surface area contributed by atoms with Crippen molar-refractivity contribution in [2.45, 2.75) is 33.1 Å². The fourth-order valence-electron chi connectivity index (χ4n) is 3.90. The molecule has 0 amide bonds. The summed E-state index contributed by atoms with van der Waals surface area (Å²) in [5, 5.41) is 0. The molecule has 0 N–H and O–H groups in total. The molecule has 0 heteroatoms. The first-order valence-corrected chi connectivity index (χ1v) is 9.13. The SMILES string of the molecule is Cc1ccccc1-c1c(C(C)C)ccc2c1C=C(c1ccccc1)C2. The lowest BCUT2D eigenvalue weighted by molar-refractivity contribution is 0.867. The van der Waals surface area contributed by atoms with Crippen molar-refractivity contribution in [3.63, 3.8) is 0 Å². The van der Waals surface area contributed by atoms with Gasteiger partial charge < -0.3 is 0 Å². The Labute approximate surface area is 150 Å². The van der Waals surface area contributed by atoms with Gasteiger partial charge in [0.05, 0.1) is 0 Å². The standard InChI is InChI=1S/C25H24/c1-17(2)22-14-13-20-15-21(19-10-5-4-6-11-19)16-24(20)25(22)23-12-8-7-9-18(23)3/h4-14,16-17H,15H2,1-3H3. The van der Waals surface area contributed by atoms with E-state index in [1.807, 2.05) is 0 Å². The molecule has 0 heterocycles. The van der Waals surface area contributed by atoms with Gasteiger partial charge >= 0.3 is 0 Å². The van der Waals surface area contributed by atoms with Gasteiger partial charge in [-0.2, -0.15) is 0 Å². The van der Waals surface area contributed by atoms with E-state index >= 15 is 0 Å². The summed E-state index contributed by atoms with van der Waals surface area (Å²) in [6.07, 6.45) is 3.44. The molecule has 0 spiro atoms. The fraction of sp³-hybridized carbons (Fsp3) is 0.200. The Balaban J connectivity index is 1.94. The summed E-state index contributed by atoms with van der Waals surface area (Å²) in [6, 6.07) is 24.2. The van der Waals surface area contributed by atoms with Crippen LogP contribution in [0.4, 0.5) is 0 Å². The minimum Gasteiger partial charge on any atom is -0.0622 e. The molecule has 0 unspecified atom stereocenters. The molecule has 0 atom stereocenters. The zero-order valence-electron chi connectivity index (χ0n) is 15.2. The van der Waals surface area contributed by atoms with E-state index in [1.54, 1.807) is 0 Å². The molecule has 0 radical (unpaired) electrons. The van der Waals surface area contributed by atoms with Crippen LogP contribution in [0.5, 0.6) is 0 Å². The highest BCUT2D eigenvalue weighted by molar-refractivity contribution is 5.95. The summed E-state index contributed by atoms with van der Waals surface area (Å²) in [5.41, 5.74) is 11.2. The summed E-state index contributed by atoms with van der Waals surface area (Å²) in [6.45, 7) is 6.80. The first kappa shape index (κ1) is 15.9. The quantitative estimate of drug-likeness (QED) is 0.492. The maximum atomic E-state index is 2.42. The number of fused-ring (bicyclic) bond motifs is 1. The van der Waals surface area contributed by atoms with Crippen LogP contribution in [0.25, 0.3) is 22.8 Å². The van der Waals surface area contributed by atoms with Gasteiger partial charge in [0, 0.05) is 0 Å². The molecule has 0 saturated heterocycles. The van der Waals surface area contributed by atoms with Crippen LogP contribution in [0, 0.1) is 6.92 Å². The second-order valence-corrected chi connectivity index (χ2v) is 7.28. The van der Waals surface area contributed by atoms with Crippen LogP contribution in [0.3, 0.4) is 0 Å². The normalized spacial score (nSPS) is 13.0. The monoisotopic (exact) mass is 324 g/mol. The number of hydrogen-bond donors (Lipinski definition) is 0. The van der Waals surface area contributed by atoms with Gasteiger partial charge in [-0.3, -0.25) is 0 Å². The van der Waals surface area contributed by atoms with E-state index in [0.717, 1.165) is 6.42 Å². The smallest absolute Gasteiger partial charge is 0.00134 e. The Hall–Kier alpha value is -2.60. The van der Waals surface area contributed by atoms with Gasteiger partial charge in [-0.05, 0) is 69.9 Å². The fourth-order valence-corrected chi connectivity index (χ4v) is 3.90. The van der Waals surface area contributed by atoms with Crippen LogP contribution >= 0.6 is 0 Å². The molecule has 3 aromatic rings. The number of aryl methyl sites for hydroxylation is 1. The number of hydrogen-bond acceptors (Lipinski definition) is 0. The highest BCUT2D eigenvalue weighted by atomic mass is 14.3. The maximum absolute atomic E-state index is 2.42. The van der Waals surface area contributed by atoms with Crippen molar-refractivity contribution in [3.05, 3.63) is 94.5 Å². The van der Waals surface area contributed by atoms with E-state index < -0.39 is 0 Å². The van der Waals surface area contributed by atoms with Gasteiger partial charge in [-0.25, -0.2) is 0 Å². The first-order chi connectivity index (χ1) is 12.1. The topological polar surface area (TPSA) is 0 Å². The van der Waals surface area contributed by atoms with E-state index in [2.05, 4.69) is 93.6 Å². The van der Waals surface area contributed by atoms with Crippen molar-refractivity contribution in [1.29, 1.82) is 0 Å². The van der Waals surface area contributed by atoms with Gasteiger partial charge in [0.15, 0.2) is 0 Å². The van der Waals surface area contributed by atoms with Gasteiger partial charge in [0.2, 0.25) is 0 Å². The number of allylic oxidation sites excluding steroid dienone is 1. The molecule has 4 rings (SSSR count). The maximum Gasteiger partial charge on any atom is -0.00134 e. The Morgan fingerprint density at radius 3 is 2.24 bits per heavy atom. The summed E-state index contributed by atoms with van der Waals surface area (Å²) < 4.78 is 0. The van der Waals surface area contributed by atoms with Crippen molar-refractivity contribution in [2.24, 2.45) is 0 Å². The molecule has 3 aromatic carbocycles. The molecule has 1 aliphatic rings. The summed E-state index contributed by atoms with van der Waals surface area (Å²) in [4.78, 5) is 0. The minimum absolute atomic E-state index is 0.508. The second-order valence-electron chi connectivity index (χ2n) is 7.28. The van der Waals surface area contributed by atoms with Crippen LogP contribution < -0.4 is 0 Å². The zero-order valence-corrected chi connectivity index (χ0v) is 15.2. The van der Waals surface area contributed by atoms with Gasteiger partial charge in [-0.1, -0.05) is 80.6 Å². The lowest BCUT2D eigenvalue weighted by Gasteiger charge is -2.18. The number of rotatable bonds is 3. The van der Waals surface area contributed by atoms with Crippen LogP contribution in [-0.4, -0.2) is 0 Å². The van der Waals surface area contributed by atoms with Gasteiger partial charge in [-0.15, -0.1) is 0 Å². The molecule has 1 aliphatic carbocycles. The third kappa shape index (κ3) is 2.82. The van der Waals surface area contributed by atoms with Crippen molar-refractivity contribution in [2.75, 3.05) is 0 Å². The lowest BCUT2D eigenvalue weighted by atomic mass is 9.86. The summed E-state index contributed by atoms with van der Waals surface area (Å²) in [5.74, 6) is 0.508. The molecular weight excluding hydrogens is 300 g/mol. The third-order valence-electron chi connectivity index (χ3n) is 5.25. The minimum atomic E-state index is 0.508. The Morgan fingerprint density at radius 1 is 0.800 bits per heavy atom. The predicted octanol–water partition coefficient (Wildman–Crippen LogP) is 6.88. The van der Waals surface area contributed by atoms with Crippen LogP contribution in [0.15, 0.2) is 66.7 Å². The summed E-state index contributed by atoms with van der Waals surface area (Å²) >= 11 is 0. The average molecular weight is 324 g/mol. The van der Waals surface area contributed by atoms with Crippen molar-refractivity contribution >= 4 is 11.6 Å². The third-order valence-corrected chi connectivity index (χ3v) is 5.25. The van der Waals surface area contributed by atoms with Crippen LogP contribution in [0.2, 0.25) is 0 Å². The van der Waals surface area contributed by atoms with Crippen molar-refractivity contribution in [1.82, 2.24) is 0 Å². The molecule has 124 valence electrons. The van der Waals surface area contributed by atoms with E-state index in [1.165, 1.54) is 44.5 Å². The van der Waals surface area contributed by atoms with Crippen molar-refractivity contribution in [3.8, 4) is 11.1 Å². The van der Waals surface area contributed by atoms with E-state index in [4.69, 9.17) is 0 Å². The van der Waals surface area contributed by atoms with Crippen LogP contribution in [0.1, 0.15) is 47.6 Å². The highest BCUT2D eigenvalue weighted by Crippen LogP contribution is 2.42.